The lowest BCUT2D eigenvalue weighted by Gasteiger charge is -2.54. The van der Waals surface area contributed by atoms with Gasteiger partial charge in [0, 0.05) is 25.0 Å². The van der Waals surface area contributed by atoms with Gasteiger partial charge in [-0.3, -0.25) is 9.59 Å². The van der Waals surface area contributed by atoms with E-state index in [4.69, 9.17) is 21.1 Å². The Morgan fingerprint density at radius 3 is 2.50 bits per heavy atom. The molecule has 6 nitrogen and oxygen atoms in total. The molecule has 0 aliphatic carbocycles. The van der Waals surface area contributed by atoms with Crippen molar-refractivity contribution in [1.29, 1.82) is 0 Å². The summed E-state index contributed by atoms with van der Waals surface area (Å²) in [5.74, 6) is 0.978. The molecular weight excluding hydrogens is 404 g/mol. The molecule has 2 atom stereocenters. The molecule has 2 aromatic carbocycles. The molecule has 2 heterocycles. The molecule has 2 aliphatic rings. The number of nitrogens with zero attached hydrogens (tertiary/aromatic N) is 2. The number of methoxy groups -OCH3 is 2. The first kappa shape index (κ1) is 20.5. The van der Waals surface area contributed by atoms with Crippen LogP contribution in [0.4, 0.5) is 0 Å². The molecule has 4 rings (SSSR count). The highest BCUT2D eigenvalue weighted by atomic mass is 35.5. The van der Waals surface area contributed by atoms with Crippen molar-refractivity contribution in [2.24, 2.45) is 0 Å². The van der Waals surface area contributed by atoms with Crippen LogP contribution in [0.15, 0.2) is 36.4 Å². The van der Waals surface area contributed by atoms with Gasteiger partial charge in [0.25, 0.3) is 5.91 Å². The van der Waals surface area contributed by atoms with Gasteiger partial charge >= 0.3 is 0 Å². The van der Waals surface area contributed by atoms with Crippen molar-refractivity contribution < 1.29 is 19.1 Å². The summed E-state index contributed by atoms with van der Waals surface area (Å²) < 4.78 is 11.0. The van der Waals surface area contributed by atoms with Gasteiger partial charge in [0.05, 0.1) is 14.2 Å². The summed E-state index contributed by atoms with van der Waals surface area (Å²) >= 11 is 6.23. The van der Waals surface area contributed by atoms with Crippen LogP contribution in [0.1, 0.15) is 23.6 Å². The molecule has 0 saturated carbocycles. The maximum Gasteiger partial charge on any atom is 0.253 e. The molecule has 0 unspecified atom stereocenters. The van der Waals surface area contributed by atoms with Crippen molar-refractivity contribution in [3.05, 3.63) is 58.1 Å². The molecule has 1 saturated heterocycles. The molecule has 30 heavy (non-hydrogen) atoms. The second kappa shape index (κ2) is 7.51. The number of likely N-dealkylation sites (N-methyl/N-ethyl adjacent to an activating group) is 1. The lowest BCUT2D eigenvalue weighted by Crippen LogP contribution is -2.70. The van der Waals surface area contributed by atoms with E-state index in [2.05, 4.69) is 0 Å². The number of carbonyl (C=O) groups excluding carboxylic acids is 2. The Morgan fingerprint density at radius 2 is 1.83 bits per heavy atom. The Hall–Kier alpha value is -2.73. The fourth-order valence-corrected chi connectivity index (χ4v) is 4.89. The lowest BCUT2D eigenvalue weighted by atomic mass is 9.73. The van der Waals surface area contributed by atoms with Crippen LogP contribution < -0.4 is 9.47 Å². The first-order chi connectivity index (χ1) is 14.3. The van der Waals surface area contributed by atoms with Crippen molar-refractivity contribution in [1.82, 2.24) is 9.80 Å². The van der Waals surface area contributed by atoms with Gasteiger partial charge in [-0.25, -0.2) is 0 Å². The highest BCUT2D eigenvalue weighted by molar-refractivity contribution is 6.30. The predicted molar refractivity (Wildman–Crippen MR) is 114 cm³/mol. The predicted octanol–water partition coefficient (Wildman–Crippen LogP) is 3.04. The number of hydrogen-bond acceptors (Lipinski definition) is 4. The average Bonchev–Trinajstić information content (AvgIpc) is 2.75. The van der Waals surface area contributed by atoms with E-state index in [0.29, 0.717) is 35.9 Å². The third-order valence-corrected chi connectivity index (χ3v) is 6.58. The number of piperazine rings is 1. The quantitative estimate of drug-likeness (QED) is 0.751. The number of benzene rings is 2. The third kappa shape index (κ3) is 2.93. The first-order valence-corrected chi connectivity index (χ1v) is 10.3. The van der Waals surface area contributed by atoms with E-state index in [0.717, 1.165) is 16.7 Å². The molecule has 7 heteroatoms. The molecule has 2 aliphatic heterocycles. The topological polar surface area (TPSA) is 59.1 Å². The number of rotatable bonds is 4. The van der Waals surface area contributed by atoms with E-state index < -0.39 is 11.6 Å². The zero-order chi connectivity index (χ0) is 21.6. The summed E-state index contributed by atoms with van der Waals surface area (Å²) in [5.41, 5.74) is 1.49. The van der Waals surface area contributed by atoms with Crippen LogP contribution in [0.5, 0.6) is 11.5 Å². The standard InChI is InChI=1S/C23H25ClN2O4/c1-14-21(27)26-9-8-16-11-19(29-3)20(30-4)12-18(16)23(26,22(28)25(14)2)13-15-6-5-7-17(24)10-15/h5-7,10-12,14H,8-9,13H2,1-4H3/t14-,23+/m0/s1. The molecule has 0 aromatic heterocycles. The van der Waals surface area contributed by atoms with E-state index in [1.807, 2.05) is 30.3 Å². The van der Waals surface area contributed by atoms with Gasteiger partial charge in [-0.15, -0.1) is 0 Å². The first-order valence-electron chi connectivity index (χ1n) is 9.92. The van der Waals surface area contributed by atoms with Crippen molar-refractivity contribution in [2.75, 3.05) is 27.8 Å². The lowest BCUT2D eigenvalue weighted by molar-refractivity contribution is -0.170. The smallest absolute Gasteiger partial charge is 0.253 e. The number of amides is 2. The summed E-state index contributed by atoms with van der Waals surface area (Å²) in [6, 6.07) is 10.7. The van der Waals surface area contributed by atoms with Crippen molar-refractivity contribution in [3.63, 3.8) is 0 Å². The van der Waals surface area contributed by atoms with Crippen LogP contribution in [0.3, 0.4) is 0 Å². The Kier molecular flexibility index (Phi) is 5.14. The summed E-state index contributed by atoms with van der Waals surface area (Å²) in [4.78, 5) is 30.5. The minimum atomic E-state index is -1.16. The second-order valence-corrected chi connectivity index (χ2v) is 8.30. The van der Waals surface area contributed by atoms with Crippen LogP contribution in [0.25, 0.3) is 0 Å². The normalized spacial score (nSPS) is 23.2. The number of fused-ring (bicyclic) bond motifs is 3. The molecular formula is C23H25ClN2O4. The minimum Gasteiger partial charge on any atom is -0.493 e. The SMILES string of the molecule is COc1cc2c(cc1OC)[C@]1(Cc3cccc(Cl)c3)C(=O)N(C)[C@@H](C)C(=O)N1CC2. The van der Waals surface area contributed by atoms with Gasteiger partial charge < -0.3 is 19.3 Å². The third-order valence-electron chi connectivity index (χ3n) is 6.35. The average molecular weight is 429 g/mol. The molecule has 158 valence electrons. The van der Waals surface area contributed by atoms with Crippen molar-refractivity contribution in [2.45, 2.75) is 31.3 Å². The molecule has 1 fully saturated rings. The second-order valence-electron chi connectivity index (χ2n) is 7.86. The van der Waals surface area contributed by atoms with Crippen LogP contribution in [0, 0.1) is 0 Å². The fourth-order valence-electron chi connectivity index (χ4n) is 4.68. The Labute approximate surface area is 181 Å². The fraction of sp³-hybridized carbons (Fsp3) is 0.391. The van der Waals surface area contributed by atoms with Crippen LogP contribution >= 0.6 is 11.6 Å². The van der Waals surface area contributed by atoms with E-state index in [1.54, 1.807) is 44.1 Å². The summed E-state index contributed by atoms with van der Waals surface area (Å²) in [6.45, 7) is 2.24. The largest absolute Gasteiger partial charge is 0.493 e. The Morgan fingerprint density at radius 1 is 1.13 bits per heavy atom. The monoisotopic (exact) mass is 428 g/mol. The van der Waals surface area contributed by atoms with Gasteiger partial charge in [0.2, 0.25) is 5.91 Å². The summed E-state index contributed by atoms with van der Waals surface area (Å²) in [7, 11) is 4.85. The molecule has 2 aromatic rings. The minimum absolute atomic E-state index is 0.0560. The number of halogens is 1. The molecule has 0 spiro atoms. The highest BCUT2D eigenvalue weighted by Gasteiger charge is 2.57. The van der Waals surface area contributed by atoms with E-state index in [-0.39, 0.29) is 11.8 Å². The van der Waals surface area contributed by atoms with E-state index >= 15 is 0 Å². The zero-order valence-electron chi connectivity index (χ0n) is 17.6. The Balaban J connectivity index is 1.98. The maximum absolute atomic E-state index is 13.9. The van der Waals surface area contributed by atoms with E-state index in [9.17, 15) is 9.59 Å². The summed E-state index contributed by atoms with van der Waals surface area (Å²) in [6.07, 6.45) is 0.972. The van der Waals surface area contributed by atoms with Gasteiger partial charge in [0.1, 0.15) is 6.04 Å². The van der Waals surface area contributed by atoms with Crippen LogP contribution in [-0.4, -0.2) is 55.5 Å². The molecule has 2 amide bonds. The highest BCUT2D eigenvalue weighted by Crippen LogP contribution is 2.46. The van der Waals surface area contributed by atoms with Gasteiger partial charge in [-0.05, 0) is 54.3 Å². The van der Waals surface area contributed by atoms with Crippen molar-refractivity contribution >= 4 is 23.4 Å². The van der Waals surface area contributed by atoms with Gasteiger partial charge in [0.15, 0.2) is 17.0 Å². The summed E-state index contributed by atoms with van der Waals surface area (Å²) in [5, 5.41) is 0.593. The Bertz CT molecular complexity index is 1020. The molecule has 0 radical (unpaired) electrons. The zero-order valence-corrected chi connectivity index (χ0v) is 18.3. The maximum atomic E-state index is 13.9. The molecule has 0 bridgehead atoms. The number of ether oxygens (including phenoxy) is 2. The number of carbonyl (C=O) groups is 2. The van der Waals surface area contributed by atoms with Crippen molar-refractivity contribution in [3.8, 4) is 11.5 Å². The van der Waals surface area contributed by atoms with E-state index in [1.165, 1.54) is 0 Å². The van der Waals surface area contributed by atoms with Gasteiger partial charge in [-0.2, -0.15) is 0 Å². The van der Waals surface area contributed by atoms with Crippen LogP contribution in [0.2, 0.25) is 5.02 Å². The van der Waals surface area contributed by atoms with Gasteiger partial charge in [-0.1, -0.05) is 23.7 Å². The van der Waals surface area contributed by atoms with Crippen LogP contribution in [-0.2, 0) is 28.0 Å². The number of hydrogen-bond donors (Lipinski definition) is 0. The molecule has 0 N–H and O–H groups in total.